The minimum absolute atomic E-state index is 0.0185. The Balaban J connectivity index is 1.56. The molecule has 1 heterocycles. The smallest absolute Gasteiger partial charge is 0.196 e. The molecule has 0 saturated heterocycles. The van der Waals surface area contributed by atoms with Gasteiger partial charge < -0.3 is 9.15 Å². The van der Waals surface area contributed by atoms with E-state index in [0.29, 0.717) is 28.7 Å². The van der Waals surface area contributed by atoms with Gasteiger partial charge in [0, 0.05) is 17.5 Å². The van der Waals surface area contributed by atoms with E-state index in [4.69, 9.17) is 9.15 Å². The van der Waals surface area contributed by atoms with Crippen LogP contribution in [0.15, 0.2) is 112 Å². The summed E-state index contributed by atoms with van der Waals surface area (Å²) in [5.41, 5.74) is 4.31. The van der Waals surface area contributed by atoms with Crippen LogP contribution < -0.4 is 10.2 Å². The lowest BCUT2D eigenvalue weighted by Gasteiger charge is -2.19. The van der Waals surface area contributed by atoms with Crippen LogP contribution in [0, 0.1) is 0 Å². The van der Waals surface area contributed by atoms with Crippen LogP contribution in [-0.4, -0.2) is 0 Å². The van der Waals surface area contributed by atoms with Crippen molar-refractivity contribution in [3.05, 3.63) is 130 Å². The highest BCUT2D eigenvalue weighted by Crippen LogP contribution is 2.32. The fraction of sp³-hybridized carbons (Fsp3) is 0.156. The second-order valence-corrected chi connectivity index (χ2v) is 9.76. The third-order valence-corrected chi connectivity index (χ3v) is 6.22. The number of rotatable bonds is 5. The highest BCUT2D eigenvalue weighted by Gasteiger charge is 2.18. The Morgan fingerprint density at radius 3 is 2.14 bits per heavy atom. The molecule has 0 aliphatic rings. The molecule has 35 heavy (non-hydrogen) atoms. The summed E-state index contributed by atoms with van der Waals surface area (Å²) >= 11 is 0. The van der Waals surface area contributed by atoms with E-state index in [9.17, 15) is 4.79 Å². The number of ether oxygens (including phenoxy) is 1. The standard InChI is InChI=1S/C32H28O3/c1-32(2,3)24-17-19-25(20-18-24)34-28-15-9-7-13-23(28)21-27-30(33)26-14-8-10-16-29(26)35-31(27)22-11-5-4-6-12-22/h4-20H,21H2,1-3H3. The first-order chi connectivity index (χ1) is 16.9. The van der Waals surface area contributed by atoms with Gasteiger partial charge in [-0.05, 0) is 46.9 Å². The monoisotopic (exact) mass is 460 g/mol. The van der Waals surface area contributed by atoms with E-state index < -0.39 is 0 Å². The second-order valence-electron chi connectivity index (χ2n) is 9.76. The van der Waals surface area contributed by atoms with Crippen LogP contribution in [-0.2, 0) is 11.8 Å². The molecular weight excluding hydrogens is 432 g/mol. The molecular formula is C32H28O3. The highest BCUT2D eigenvalue weighted by molar-refractivity contribution is 5.80. The summed E-state index contributed by atoms with van der Waals surface area (Å²) in [6.45, 7) is 6.58. The van der Waals surface area contributed by atoms with Crippen molar-refractivity contribution >= 4 is 11.0 Å². The van der Waals surface area contributed by atoms with Gasteiger partial charge in [0.2, 0.25) is 0 Å². The Hall–Kier alpha value is -4.11. The van der Waals surface area contributed by atoms with Crippen LogP contribution in [0.2, 0.25) is 0 Å². The molecule has 3 nitrogen and oxygen atoms in total. The van der Waals surface area contributed by atoms with Gasteiger partial charge in [0.1, 0.15) is 22.8 Å². The Labute approximate surface area is 205 Å². The SMILES string of the molecule is CC(C)(C)c1ccc(Oc2ccccc2Cc2c(-c3ccccc3)oc3ccccc3c2=O)cc1. The number of benzene rings is 4. The zero-order chi connectivity index (χ0) is 24.4. The van der Waals surface area contributed by atoms with E-state index in [-0.39, 0.29) is 10.8 Å². The second kappa shape index (κ2) is 9.27. The molecule has 174 valence electrons. The van der Waals surface area contributed by atoms with Crippen molar-refractivity contribution in [3.8, 4) is 22.8 Å². The van der Waals surface area contributed by atoms with Crippen molar-refractivity contribution in [2.75, 3.05) is 0 Å². The maximum Gasteiger partial charge on any atom is 0.196 e. The van der Waals surface area contributed by atoms with E-state index in [1.807, 2.05) is 91.0 Å². The van der Waals surface area contributed by atoms with Crippen molar-refractivity contribution < 1.29 is 9.15 Å². The summed E-state index contributed by atoms with van der Waals surface area (Å²) in [5.74, 6) is 2.08. The number of para-hydroxylation sites is 2. The molecule has 0 bridgehead atoms. The zero-order valence-electron chi connectivity index (χ0n) is 20.2. The summed E-state index contributed by atoms with van der Waals surface area (Å²) in [6, 6.07) is 33.3. The third kappa shape index (κ3) is 4.76. The minimum Gasteiger partial charge on any atom is -0.457 e. The summed E-state index contributed by atoms with van der Waals surface area (Å²) < 4.78 is 12.6. The van der Waals surface area contributed by atoms with Gasteiger partial charge in [-0.2, -0.15) is 0 Å². The Kier molecular flexibility index (Phi) is 6.00. The van der Waals surface area contributed by atoms with Gasteiger partial charge in [-0.25, -0.2) is 0 Å². The van der Waals surface area contributed by atoms with E-state index in [1.165, 1.54) is 5.56 Å². The average Bonchev–Trinajstić information content (AvgIpc) is 2.87. The fourth-order valence-electron chi connectivity index (χ4n) is 4.25. The molecule has 4 aromatic carbocycles. The molecule has 0 aliphatic heterocycles. The molecule has 3 heteroatoms. The van der Waals surface area contributed by atoms with Crippen LogP contribution >= 0.6 is 0 Å². The fourth-order valence-corrected chi connectivity index (χ4v) is 4.25. The van der Waals surface area contributed by atoms with Gasteiger partial charge in [-0.15, -0.1) is 0 Å². The molecule has 0 amide bonds. The number of fused-ring (bicyclic) bond motifs is 1. The van der Waals surface area contributed by atoms with Crippen molar-refractivity contribution in [2.45, 2.75) is 32.6 Å². The van der Waals surface area contributed by atoms with Crippen molar-refractivity contribution in [1.82, 2.24) is 0 Å². The Morgan fingerprint density at radius 1 is 0.743 bits per heavy atom. The van der Waals surface area contributed by atoms with Crippen LogP contribution in [0.5, 0.6) is 11.5 Å². The predicted molar refractivity (Wildman–Crippen MR) is 142 cm³/mol. The van der Waals surface area contributed by atoms with Crippen LogP contribution in [0.25, 0.3) is 22.3 Å². The summed E-state index contributed by atoms with van der Waals surface area (Å²) in [6.07, 6.45) is 0.396. The first kappa shape index (κ1) is 22.7. The van der Waals surface area contributed by atoms with Gasteiger partial charge in [0.15, 0.2) is 5.43 Å². The minimum atomic E-state index is -0.0185. The lowest BCUT2D eigenvalue weighted by molar-refractivity contribution is 0.476. The van der Waals surface area contributed by atoms with Gasteiger partial charge >= 0.3 is 0 Å². The molecule has 0 N–H and O–H groups in total. The Bertz CT molecular complexity index is 1520. The normalized spacial score (nSPS) is 11.5. The van der Waals surface area contributed by atoms with Crippen LogP contribution in [0.3, 0.4) is 0 Å². The lowest BCUT2D eigenvalue weighted by Crippen LogP contribution is -2.12. The molecule has 5 aromatic rings. The van der Waals surface area contributed by atoms with E-state index in [2.05, 4.69) is 32.9 Å². The largest absolute Gasteiger partial charge is 0.457 e. The lowest BCUT2D eigenvalue weighted by atomic mass is 9.87. The van der Waals surface area contributed by atoms with Crippen molar-refractivity contribution in [3.63, 3.8) is 0 Å². The molecule has 0 unspecified atom stereocenters. The highest BCUT2D eigenvalue weighted by atomic mass is 16.5. The van der Waals surface area contributed by atoms with Gasteiger partial charge in [0.25, 0.3) is 0 Å². The molecule has 0 spiro atoms. The summed E-state index contributed by atoms with van der Waals surface area (Å²) in [4.78, 5) is 13.6. The molecule has 0 fully saturated rings. The first-order valence-corrected chi connectivity index (χ1v) is 11.9. The molecule has 0 atom stereocenters. The zero-order valence-corrected chi connectivity index (χ0v) is 20.2. The van der Waals surface area contributed by atoms with Crippen LogP contribution in [0.1, 0.15) is 37.5 Å². The summed E-state index contributed by atoms with van der Waals surface area (Å²) in [7, 11) is 0. The van der Waals surface area contributed by atoms with Crippen LogP contribution in [0.4, 0.5) is 0 Å². The van der Waals surface area contributed by atoms with E-state index >= 15 is 0 Å². The number of hydrogen-bond acceptors (Lipinski definition) is 3. The molecule has 0 saturated carbocycles. The van der Waals surface area contributed by atoms with Gasteiger partial charge in [-0.3, -0.25) is 4.79 Å². The van der Waals surface area contributed by atoms with Crippen molar-refractivity contribution in [2.24, 2.45) is 0 Å². The Morgan fingerprint density at radius 2 is 1.40 bits per heavy atom. The first-order valence-electron chi connectivity index (χ1n) is 11.9. The molecule has 5 rings (SSSR count). The molecule has 1 aromatic heterocycles. The van der Waals surface area contributed by atoms with E-state index in [1.54, 1.807) is 0 Å². The summed E-state index contributed by atoms with van der Waals surface area (Å²) in [5, 5.41) is 0.582. The maximum atomic E-state index is 13.6. The van der Waals surface area contributed by atoms with Gasteiger partial charge in [-0.1, -0.05) is 93.6 Å². The van der Waals surface area contributed by atoms with Crippen molar-refractivity contribution in [1.29, 1.82) is 0 Å². The molecule has 0 radical (unpaired) electrons. The number of hydrogen-bond donors (Lipinski definition) is 0. The van der Waals surface area contributed by atoms with Gasteiger partial charge in [0.05, 0.1) is 5.39 Å². The third-order valence-electron chi connectivity index (χ3n) is 6.22. The quantitative estimate of drug-likeness (QED) is 0.266. The topological polar surface area (TPSA) is 39.4 Å². The van der Waals surface area contributed by atoms with E-state index in [0.717, 1.165) is 22.6 Å². The average molecular weight is 461 g/mol. The predicted octanol–water partition coefficient (Wildman–Crippen LogP) is 8.14. The molecule has 0 aliphatic carbocycles. The maximum absolute atomic E-state index is 13.6.